The molecule has 0 atom stereocenters. The lowest BCUT2D eigenvalue weighted by Gasteiger charge is -2.30. The average Bonchev–Trinajstić information content (AvgIpc) is 2.45. The molecule has 0 fully saturated rings. The van der Waals surface area contributed by atoms with Crippen molar-refractivity contribution in [3.05, 3.63) is 65.5 Å². The van der Waals surface area contributed by atoms with Gasteiger partial charge in [0.05, 0.1) is 0 Å². The molecule has 4 heteroatoms. The Morgan fingerprint density at radius 1 is 1.00 bits per heavy atom. The minimum Gasteiger partial charge on any atom is -0.508 e. The molecule has 0 aromatic heterocycles. The van der Waals surface area contributed by atoms with Gasteiger partial charge in [0.25, 0.3) is 0 Å². The predicted molar refractivity (Wildman–Crippen MR) is 81.3 cm³/mol. The van der Waals surface area contributed by atoms with Crippen LogP contribution in [0.2, 0.25) is 0 Å². The Kier molecular flexibility index (Phi) is 4.90. The van der Waals surface area contributed by atoms with Crippen LogP contribution in [0.1, 0.15) is 11.1 Å². The minimum absolute atomic E-state index is 0.194. The van der Waals surface area contributed by atoms with E-state index in [0.717, 1.165) is 11.1 Å². The van der Waals surface area contributed by atoms with Crippen LogP contribution in [0.3, 0.4) is 0 Å². The first-order chi connectivity index (χ1) is 9.59. The van der Waals surface area contributed by atoms with E-state index in [1.807, 2.05) is 12.1 Å². The van der Waals surface area contributed by atoms with Crippen molar-refractivity contribution in [2.45, 2.75) is 11.8 Å². The van der Waals surface area contributed by atoms with E-state index in [0.29, 0.717) is 6.42 Å². The monoisotopic (exact) mass is 312 g/mol. The van der Waals surface area contributed by atoms with E-state index in [-0.39, 0.29) is 23.3 Å². The Morgan fingerprint density at radius 2 is 1.70 bits per heavy atom. The zero-order valence-corrected chi connectivity index (χ0v) is 12.3. The number of rotatable bonds is 5. The Hall–Kier alpha value is -1.25. The number of halogens is 3. The molecule has 0 heterocycles. The van der Waals surface area contributed by atoms with E-state index < -0.39 is 5.41 Å². The summed E-state index contributed by atoms with van der Waals surface area (Å²) in [4.78, 5) is 0. The molecule has 1 nitrogen and oxygen atoms in total. The van der Waals surface area contributed by atoms with Crippen LogP contribution in [0, 0.1) is 5.82 Å². The summed E-state index contributed by atoms with van der Waals surface area (Å²) in [6, 6.07) is 13.3. The molecule has 106 valence electrons. The highest BCUT2D eigenvalue weighted by atomic mass is 35.5. The summed E-state index contributed by atoms with van der Waals surface area (Å²) in [5.41, 5.74) is 1.13. The maximum absolute atomic E-state index is 13.4. The lowest BCUT2D eigenvalue weighted by molar-refractivity contribution is 0.472. The summed E-state index contributed by atoms with van der Waals surface area (Å²) in [7, 11) is 0. The zero-order valence-electron chi connectivity index (χ0n) is 10.8. The van der Waals surface area contributed by atoms with Crippen LogP contribution in [0.5, 0.6) is 5.75 Å². The molecular formula is C16H15Cl2FO. The van der Waals surface area contributed by atoms with Crippen molar-refractivity contribution in [2.24, 2.45) is 0 Å². The zero-order chi connectivity index (χ0) is 14.6. The van der Waals surface area contributed by atoms with Crippen molar-refractivity contribution in [1.29, 1.82) is 0 Å². The predicted octanol–water partition coefficient (Wildman–Crippen LogP) is 4.49. The van der Waals surface area contributed by atoms with E-state index in [9.17, 15) is 9.50 Å². The SMILES string of the molecule is Oc1cccc(CC(CCl)(CCl)c2cccc(F)c2)c1. The van der Waals surface area contributed by atoms with E-state index in [1.165, 1.54) is 12.1 Å². The van der Waals surface area contributed by atoms with Gasteiger partial charge in [-0.3, -0.25) is 0 Å². The van der Waals surface area contributed by atoms with E-state index in [4.69, 9.17) is 23.2 Å². The first kappa shape index (κ1) is 15.1. The van der Waals surface area contributed by atoms with Crippen LogP contribution in [0.15, 0.2) is 48.5 Å². The molecule has 0 radical (unpaired) electrons. The highest BCUT2D eigenvalue weighted by Gasteiger charge is 2.31. The molecule has 0 saturated carbocycles. The van der Waals surface area contributed by atoms with Gasteiger partial charge in [-0.05, 0) is 41.8 Å². The normalized spacial score (nSPS) is 11.6. The first-order valence-corrected chi connectivity index (χ1v) is 7.32. The molecule has 0 unspecified atom stereocenters. The van der Waals surface area contributed by atoms with Crippen molar-refractivity contribution in [1.82, 2.24) is 0 Å². The maximum Gasteiger partial charge on any atom is 0.123 e. The second-order valence-corrected chi connectivity index (χ2v) is 5.44. The third-order valence-corrected chi connectivity index (χ3v) is 4.42. The molecule has 1 N–H and O–H groups in total. The van der Waals surface area contributed by atoms with Gasteiger partial charge in [-0.2, -0.15) is 0 Å². The van der Waals surface area contributed by atoms with Crippen LogP contribution >= 0.6 is 23.2 Å². The van der Waals surface area contributed by atoms with Crippen molar-refractivity contribution in [2.75, 3.05) is 11.8 Å². The van der Waals surface area contributed by atoms with E-state index in [1.54, 1.807) is 24.3 Å². The highest BCUT2D eigenvalue weighted by molar-refractivity contribution is 6.22. The molecule has 0 aliphatic rings. The van der Waals surface area contributed by atoms with Crippen LogP contribution < -0.4 is 0 Å². The number of aromatic hydroxyl groups is 1. The summed E-state index contributed by atoms with van der Waals surface area (Å²) in [6.07, 6.45) is 0.540. The Labute approximate surface area is 128 Å². The molecule has 0 aliphatic heterocycles. The van der Waals surface area contributed by atoms with Gasteiger partial charge in [-0.25, -0.2) is 4.39 Å². The fourth-order valence-electron chi connectivity index (χ4n) is 2.26. The number of phenolic OH excluding ortho intramolecular Hbond substituents is 1. The lowest BCUT2D eigenvalue weighted by atomic mass is 9.78. The lowest BCUT2D eigenvalue weighted by Crippen LogP contribution is -2.33. The van der Waals surface area contributed by atoms with Gasteiger partial charge in [0.15, 0.2) is 0 Å². The molecule has 0 bridgehead atoms. The van der Waals surface area contributed by atoms with Gasteiger partial charge in [0.1, 0.15) is 11.6 Å². The first-order valence-electron chi connectivity index (χ1n) is 6.25. The second kappa shape index (κ2) is 6.47. The smallest absolute Gasteiger partial charge is 0.123 e. The maximum atomic E-state index is 13.4. The van der Waals surface area contributed by atoms with E-state index in [2.05, 4.69) is 0 Å². The standard InChI is InChI=1S/C16H15Cl2FO/c17-10-16(11-18,13-4-2-5-14(19)8-13)9-12-3-1-6-15(20)7-12/h1-8,20H,9-11H2. The molecule has 20 heavy (non-hydrogen) atoms. The molecule has 0 saturated heterocycles. The molecule has 0 aliphatic carbocycles. The largest absolute Gasteiger partial charge is 0.508 e. The number of benzene rings is 2. The molecule has 2 rings (SSSR count). The van der Waals surface area contributed by atoms with Crippen molar-refractivity contribution >= 4 is 23.2 Å². The van der Waals surface area contributed by atoms with Gasteiger partial charge >= 0.3 is 0 Å². The molecule has 0 spiro atoms. The Balaban J connectivity index is 2.39. The molecule has 0 amide bonds. The fourth-order valence-corrected chi connectivity index (χ4v) is 3.05. The van der Waals surface area contributed by atoms with Crippen LogP contribution in [0.25, 0.3) is 0 Å². The van der Waals surface area contributed by atoms with Crippen LogP contribution in [-0.2, 0) is 11.8 Å². The summed E-state index contributed by atoms with van der Waals surface area (Å²) in [5, 5.41) is 9.54. The van der Waals surface area contributed by atoms with Crippen molar-refractivity contribution < 1.29 is 9.50 Å². The summed E-state index contributed by atoms with van der Waals surface area (Å²) in [5.74, 6) is 0.434. The van der Waals surface area contributed by atoms with E-state index >= 15 is 0 Å². The fraction of sp³-hybridized carbons (Fsp3) is 0.250. The minimum atomic E-state index is -0.557. The average molecular weight is 313 g/mol. The second-order valence-electron chi connectivity index (χ2n) is 4.90. The van der Waals surface area contributed by atoms with Gasteiger partial charge in [0, 0.05) is 17.2 Å². The Bertz CT molecular complexity index is 582. The van der Waals surface area contributed by atoms with Crippen LogP contribution in [-0.4, -0.2) is 16.9 Å². The van der Waals surface area contributed by atoms with Crippen LogP contribution in [0.4, 0.5) is 4.39 Å². The topological polar surface area (TPSA) is 20.2 Å². The molecule has 2 aromatic rings. The summed E-state index contributed by atoms with van der Waals surface area (Å²) >= 11 is 12.3. The van der Waals surface area contributed by atoms with Gasteiger partial charge in [-0.1, -0.05) is 24.3 Å². The number of hydrogen-bond donors (Lipinski definition) is 1. The van der Waals surface area contributed by atoms with Gasteiger partial charge in [0.2, 0.25) is 0 Å². The van der Waals surface area contributed by atoms with Crippen molar-refractivity contribution in [3.8, 4) is 5.75 Å². The molecular weight excluding hydrogens is 298 g/mol. The van der Waals surface area contributed by atoms with Gasteiger partial charge in [-0.15, -0.1) is 23.2 Å². The van der Waals surface area contributed by atoms with Crippen molar-refractivity contribution in [3.63, 3.8) is 0 Å². The quantitative estimate of drug-likeness (QED) is 0.806. The number of hydrogen-bond acceptors (Lipinski definition) is 1. The van der Waals surface area contributed by atoms with Gasteiger partial charge < -0.3 is 5.11 Å². The summed E-state index contributed by atoms with van der Waals surface area (Å²) in [6.45, 7) is 0. The summed E-state index contributed by atoms with van der Waals surface area (Å²) < 4.78 is 13.4. The number of alkyl halides is 2. The third-order valence-electron chi connectivity index (χ3n) is 3.40. The number of phenols is 1. The molecule has 2 aromatic carbocycles. The Morgan fingerprint density at radius 3 is 2.30 bits per heavy atom. The third kappa shape index (κ3) is 3.25. The highest BCUT2D eigenvalue weighted by Crippen LogP contribution is 2.32.